The number of nitrogens with one attached hydrogen (secondary N) is 1. The minimum absolute atomic E-state index is 0. The highest BCUT2D eigenvalue weighted by Crippen LogP contribution is 2.45. The van der Waals surface area contributed by atoms with Crippen LogP contribution in [-0.2, 0) is 6.42 Å². The summed E-state index contributed by atoms with van der Waals surface area (Å²) in [6.45, 7) is 3.02. The number of hydrogen-bond donors (Lipinski definition) is 1. The summed E-state index contributed by atoms with van der Waals surface area (Å²) in [5.41, 5.74) is 1.58. The van der Waals surface area contributed by atoms with Gasteiger partial charge in [0.05, 0.1) is 21.3 Å². The van der Waals surface area contributed by atoms with E-state index in [4.69, 9.17) is 14.2 Å². The molecule has 1 aromatic carbocycles. The normalized spacial score (nSPS) is 18.1. The van der Waals surface area contributed by atoms with Gasteiger partial charge in [-0.2, -0.15) is 0 Å². The van der Waals surface area contributed by atoms with E-state index in [1.54, 1.807) is 21.3 Å². The molecule has 2 fully saturated rings. The minimum atomic E-state index is 0. The van der Waals surface area contributed by atoms with Gasteiger partial charge in [-0.25, -0.2) is 0 Å². The summed E-state index contributed by atoms with van der Waals surface area (Å²) in [6.07, 6.45) is 7.61. The van der Waals surface area contributed by atoms with Crippen LogP contribution < -0.4 is 19.5 Å². The number of guanidine groups is 1. The van der Waals surface area contributed by atoms with Crippen molar-refractivity contribution in [3.63, 3.8) is 0 Å². The van der Waals surface area contributed by atoms with Crippen molar-refractivity contribution in [2.75, 3.05) is 48.0 Å². The Balaban J connectivity index is 0.00000280. The number of ether oxygens (including phenoxy) is 3. The first-order valence-electron chi connectivity index (χ1n) is 9.89. The largest absolute Gasteiger partial charge is 0.496 e. The number of likely N-dealkylation sites (tertiary alicyclic amines) is 1. The molecule has 1 saturated carbocycles. The maximum absolute atomic E-state index is 5.55. The van der Waals surface area contributed by atoms with Gasteiger partial charge in [0, 0.05) is 44.4 Å². The predicted octanol–water partition coefficient (Wildman–Crippen LogP) is 3.71. The molecule has 1 spiro atoms. The molecule has 0 bridgehead atoms. The van der Waals surface area contributed by atoms with Gasteiger partial charge in [0.1, 0.15) is 17.2 Å². The van der Waals surface area contributed by atoms with E-state index >= 15 is 0 Å². The molecule has 1 aliphatic carbocycles. The number of hydrogen-bond acceptors (Lipinski definition) is 4. The van der Waals surface area contributed by atoms with Gasteiger partial charge in [-0.3, -0.25) is 4.99 Å². The zero-order chi connectivity index (χ0) is 19.3. The lowest BCUT2D eigenvalue weighted by molar-refractivity contribution is 0.309. The van der Waals surface area contributed by atoms with Gasteiger partial charge in [0.2, 0.25) is 0 Å². The number of rotatable bonds is 6. The lowest BCUT2D eigenvalue weighted by atomic mass is 9.86. The van der Waals surface area contributed by atoms with Crippen molar-refractivity contribution in [2.45, 2.75) is 38.5 Å². The average Bonchev–Trinajstić information content (AvgIpc) is 3.34. The van der Waals surface area contributed by atoms with Gasteiger partial charge >= 0.3 is 0 Å². The number of nitrogens with zero attached hydrogens (tertiary/aromatic N) is 2. The Bertz CT molecular complexity index is 650. The third-order valence-corrected chi connectivity index (χ3v) is 6.09. The van der Waals surface area contributed by atoms with Crippen LogP contribution in [0.4, 0.5) is 0 Å². The van der Waals surface area contributed by atoms with Crippen molar-refractivity contribution in [1.82, 2.24) is 10.2 Å². The van der Waals surface area contributed by atoms with Gasteiger partial charge in [-0.15, -0.1) is 24.0 Å². The monoisotopic (exact) mass is 503 g/mol. The summed E-state index contributed by atoms with van der Waals surface area (Å²) < 4.78 is 16.4. The second-order valence-corrected chi connectivity index (χ2v) is 7.61. The molecule has 0 radical (unpaired) electrons. The fourth-order valence-corrected chi connectivity index (χ4v) is 4.60. The Kier molecular flexibility index (Phi) is 8.52. The molecule has 1 N–H and O–H groups in total. The van der Waals surface area contributed by atoms with E-state index in [1.807, 2.05) is 19.2 Å². The quantitative estimate of drug-likeness (QED) is 0.365. The summed E-state index contributed by atoms with van der Waals surface area (Å²) in [5.74, 6) is 3.31. The van der Waals surface area contributed by atoms with Crippen molar-refractivity contribution in [3.05, 3.63) is 17.7 Å². The summed E-state index contributed by atoms with van der Waals surface area (Å²) in [5, 5.41) is 3.53. The lowest BCUT2D eigenvalue weighted by Gasteiger charge is -2.26. The highest BCUT2D eigenvalue weighted by Gasteiger charge is 2.41. The van der Waals surface area contributed by atoms with Crippen molar-refractivity contribution < 1.29 is 14.2 Å². The van der Waals surface area contributed by atoms with Crippen molar-refractivity contribution in [2.24, 2.45) is 10.4 Å². The SMILES string of the molecule is CN=C(NCCc1c(OC)cc(OC)cc1OC)N1CCC2(CCCC2)C1.I. The fraction of sp³-hybridized carbons (Fsp3) is 0.667. The molecular weight excluding hydrogens is 469 g/mol. The number of aliphatic imine (C=N–C) groups is 1. The number of halogens is 1. The van der Waals surface area contributed by atoms with Gasteiger partial charge in [0.15, 0.2) is 5.96 Å². The molecule has 1 heterocycles. The number of methoxy groups -OCH3 is 3. The first-order valence-corrected chi connectivity index (χ1v) is 9.89. The van der Waals surface area contributed by atoms with Crippen LogP contribution >= 0.6 is 24.0 Å². The molecule has 0 unspecified atom stereocenters. The van der Waals surface area contributed by atoms with Crippen LogP contribution in [0.5, 0.6) is 17.2 Å². The van der Waals surface area contributed by atoms with Crippen LogP contribution in [0.3, 0.4) is 0 Å². The Labute approximate surface area is 186 Å². The molecule has 2 aliphatic rings. The van der Waals surface area contributed by atoms with Crippen LogP contribution in [0.2, 0.25) is 0 Å². The van der Waals surface area contributed by atoms with Crippen LogP contribution in [0.1, 0.15) is 37.7 Å². The van der Waals surface area contributed by atoms with E-state index in [0.29, 0.717) is 5.41 Å². The summed E-state index contributed by atoms with van der Waals surface area (Å²) >= 11 is 0. The molecule has 0 atom stereocenters. The molecule has 1 aromatic rings. The van der Waals surface area contributed by atoms with Crippen molar-refractivity contribution >= 4 is 29.9 Å². The predicted molar refractivity (Wildman–Crippen MR) is 124 cm³/mol. The highest BCUT2D eigenvalue weighted by molar-refractivity contribution is 14.0. The highest BCUT2D eigenvalue weighted by atomic mass is 127. The van der Waals surface area contributed by atoms with Gasteiger partial charge in [-0.1, -0.05) is 12.8 Å². The first kappa shape index (κ1) is 22.9. The van der Waals surface area contributed by atoms with Gasteiger partial charge in [-0.05, 0) is 31.1 Å². The zero-order valence-electron chi connectivity index (χ0n) is 17.5. The van der Waals surface area contributed by atoms with E-state index in [1.165, 1.54) is 32.1 Å². The maximum Gasteiger partial charge on any atom is 0.193 e. The average molecular weight is 503 g/mol. The topological polar surface area (TPSA) is 55.3 Å². The smallest absolute Gasteiger partial charge is 0.193 e. The molecule has 3 rings (SSSR count). The summed E-state index contributed by atoms with van der Waals surface area (Å²) in [6, 6.07) is 3.80. The van der Waals surface area contributed by atoms with Crippen molar-refractivity contribution in [3.8, 4) is 17.2 Å². The minimum Gasteiger partial charge on any atom is -0.496 e. The van der Waals surface area contributed by atoms with E-state index in [9.17, 15) is 0 Å². The molecule has 6 nitrogen and oxygen atoms in total. The van der Waals surface area contributed by atoms with Crippen LogP contribution in [-0.4, -0.2) is 58.9 Å². The zero-order valence-corrected chi connectivity index (χ0v) is 19.9. The Morgan fingerprint density at radius 1 is 1.07 bits per heavy atom. The number of benzene rings is 1. The standard InChI is InChI=1S/C21H33N3O3.HI/c1-22-20(24-12-10-21(15-24)8-5-6-9-21)23-11-7-17-18(26-3)13-16(25-2)14-19(17)27-4;/h13-14H,5-12,15H2,1-4H3,(H,22,23);1H. The van der Waals surface area contributed by atoms with E-state index in [-0.39, 0.29) is 24.0 Å². The van der Waals surface area contributed by atoms with Crippen LogP contribution in [0.25, 0.3) is 0 Å². The summed E-state index contributed by atoms with van der Waals surface area (Å²) in [7, 11) is 6.87. The van der Waals surface area contributed by atoms with Crippen LogP contribution in [0.15, 0.2) is 17.1 Å². The Morgan fingerprint density at radius 2 is 1.71 bits per heavy atom. The van der Waals surface area contributed by atoms with Gasteiger partial charge in [0.25, 0.3) is 0 Å². The van der Waals surface area contributed by atoms with E-state index < -0.39 is 0 Å². The molecule has 28 heavy (non-hydrogen) atoms. The molecule has 0 aromatic heterocycles. The summed E-state index contributed by atoms with van der Waals surface area (Å²) in [4.78, 5) is 6.94. The van der Waals surface area contributed by atoms with Crippen molar-refractivity contribution in [1.29, 1.82) is 0 Å². The molecule has 158 valence electrons. The second-order valence-electron chi connectivity index (χ2n) is 7.61. The van der Waals surface area contributed by atoms with Gasteiger partial charge < -0.3 is 24.4 Å². The lowest BCUT2D eigenvalue weighted by Crippen LogP contribution is -2.41. The molecule has 1 saturated heterocycles. The molecule has 7 heteroatoms. The maximum atomic E-state index is 5.55. The molecule has 0 amide bonds. The van der Waals surface area contributed by atoms with E-state index in [0.717, 1.165) is 54.8 Å². The van der Waals surface area contributed by atoms with E-state index in [2.05, 4.69) is 15.2 Å². The second kappa shape index (κ2) is 10.4. The van der Waals surface area contributed by atoms with Crippen LogP contribution in [0, 0.1) is 5.41 Å². The Hall–Kier alpha value is -1.38. The molecular formula is C21H34IN3O3. The first-order chi connectivity index (χ1) is 13.1. The third kappa shape index (κ3) is 4.96. The molecule has 1 aliphatic heterocycles. The Morgan fingerprint density at radius 3 is 2.25 bits per heavy atom. The fourth-order valence-electron chi connectivity index (χ4n) is 4.60. The third-order valence-electron chi connectivity index (χ3n) is 6.09.